The van der Waals surface area contributed by atoms with Crippen LogP contribution in [0.1, 0.15) is 34.0 Å². The number of carboxylic acids is 1. The number of carbonyl (C=O) groups is 2. The van der Waals surface area contributed by atoms with Crippen LogP contribution in [0.15, 0.2) is 103 Å². The van der Waals surface area contributed by atoms with E-state index in [0.29, 0.717) is 36.6 Å². The second-order valence-electron chi connectivity index (χ2n) is 8.71. The highest BCUT2D eigenvalue weighted by Crippen LogP contribution is 2.34. The maximum Gasteiger partial charge on any atom is 0.335 e. The predicted molar refractivity (Wildman–Crippen MR) is 147 cm³/mol. The van der Waals surface area contributed by atoms with Crippen molar-refractivity contribution in [3.63, 3.8) is 0 Å². The fourth-order valence-electron chi connectivity index (χ4n) is 4.15. The molecule has 0 bridgehead atoms. The highest BCUT2D eigenvalue weighted by atomic mass is 16.5. The van der Waals surface area contributed by atoms with Crippen molar-refractivity contribution in [1.82, 2.24) is 5.32 Å². The van der Waals surface area contributed by atoms with Gasteiger partial charge in [0.1, 0.15) is 12.4 Å². The maximum atomic E-state index is 12.7. The van der Waals surface area contributed by atoms with Crippen LogP contribution in [0.25, 0.3) is 5.57 Å². The van der Waals surface area contributed by atoms with E-state index in [1.54, 1.807) is 18.2 Å². The molecule has 0 saturated heterocycles. The smallest absolute Gasteiger partial charge is 0.335 e. The van der Waals surface area contributed by atoms with E-state index in [1.165, 1.54) is 0 Å². The summed E-state index contributed by atoms with van der Waals surface area (Å²) < 4.78 is 5.88. The molecule has 6 nitrogen and oxygen atoms in total. The molecule has 1 aliphatic rings. The molecular weight excluding hydrogens is 464 g/mol. The number of aliphatic carboxylic acids is 1. The van der Waals surface area contributed by atoms with Gasteiger partial charge in [-0.2, -0.15) is 0 Å². The number of nitrogens with zero attached hydrogens (tertiary/aromatic N) is 1. The van der Waals surface area contributed by atoms with Crippen LogP contribution in [0.2, 0.25) is 0 Å². The Morgan fingerprint density at radius 2 is 1.76 bits per heavy atom. The Hall–Kier alpha value is -4.58. The number of amides is 1. The number of fused-ring (bicyclic) bond motifs is 1. The lowest BCUT2D eigenvalue weighted by molar-refractivity contribution is -0.132. The standard InChI is InChI=1S/C31H30N2O4/c1-3-4-10-27(22(2)31(35)36)25-13-11-24(12-14-25)21-33-17-18-37-29-19-26(15-16-28(29)33)30(34)32-20-23-8-6-5-7-9-23/h3-16,19H,2,17-18,20-21H2,1H3,(H,32,34)(H,35,36)/b4-3-,27-10+. The number of carboxylic acid groups (broad SMARTS) is 1. The first-order chi connectivity index (χ1) is 18.0. The molecule has 3 aromatic rings. The molecule has 0 aromatic heterocycles. The van der Waals surface area contributed by atoms with Gasteiger partial charge in [-0.3, -0.25) is 4.79 Å². The Balaban J connectivity index is 1.46. The van der Waals surface area contributed by atoms with Gasteiger partial charge in [0.2, 0.25) is 0 Å². The van der Waals surface area contributed by atoms with E-state index in [9.17, 15) is 14.7 Å². The summed E-state index contributed by atoms with van der Waals surface area (Å²) >= 11 is 0. The van der Waals surface area contributed by atoms with Crippen LogP contribution in [0.4, 0.5) is 5.69 Å². The van der Waals surface area contributed by atoms with Crippen LogP contribution < -0.4 is 15.0 Å². The number of hydrogen-bond donors (Lipinski definition) is 2. The van der Waals surface area contributed by atoms with Crippen molar-refractivity contribution in [1.29, 1.82) is 0 Å². The molecule has 1 aliphatic heterocycles. The van der Waals surface area contributed by atoms with Gasteiger partial charge in [0, 0.05) is 18.7 Å². The van der Waals surface area contributed by atoms with E-state index in [2.05, 4.69) is 16.8 Å². The van der Waals surface area contributed by atoms with Gasteiger partial charge in [0.25, 0.3) is 5.91 Å². The zero-order chi connectivity index (χ0) is 26.2. The van der Waals surface area contributed by atoms with Crippen LogP contribution in [-0.2, 0) is 17.9 Å². The molecule has 0 atom stereocenters. The van der Waals surface area contributed by atoms with Gasteiger partial charge in [-0.15, -0.1) is 0 Å². The van der Waals surface area contributed by atoms with Gasteiger partial charge in [-0.05, 0) is 47.4 Å². The zero-order valence-corrected chi connectivity index (χ0v) is 20.8. The predicted octanol–water partition coefficient (Wildman–Crippen LogP) is 5.62. The molecule has 1 amide bonds. The molecular formula is C31H30N2O4. The maximum absolute atomic E-state index is 12.7. The van der Waals surface area contributed by atoms with E-state index < -0.39 is 5.97 Å². The third-order valence-electron chi connectivity index (χ3n) is 6.15. The van der Waals surface area contributed by atoms with Crippen molar-refractivity contribution in [2.24, 2.45) is 0 Å². The van der Waals surface area contributed by atoms with Crippen LogP contribution in [0.5, 0.6) is 5.75 Å². The fourth-order valence-corrected chi connectivity index (χ4v) is 4.15. The fraction of sp³-hybridized carbons (Fsp3) is 0.161. The topological polar surface area (TPSA) is 78.9 Å². The minimum absolute atomic E-state index is 0.0524. The zero-order valence-electron chi connectivity index (χ0n) is 20.8. The summed E-state index contributed by atoms with van der Waals surface area (Å²) in [5.74, 6) is -0.505. The van der Waals surface area contributed by atoms with E-state index in [1.807, 2.05) is 79.7 Å². The summed E-state index contributed by atoms with van der Waals surface area (Å²) in [4.78, 5) is 26.4. The molecule has 2 N–H and O–H groups in total. The summed E-state index contributed by atoms with van der Waals surface area (Å²) in [5.41, 5.74) is 5.03. The highest BCUT2D eigenvalue weighted by Gasteiger charge is 2.20. The molecule has 188 valence electrons. The first-order valence-corrected chi connectivity index (χ1v) is 12.1. The van der Waals surface area contributed by atoms with Gasteiger partial charge < -0.3 is 20.1 Å². The molecule has 1 heterocycles. The lowest BCUT2D eigenvalue weighted by Gasteiger charge is -2.31. The van der Waals surface area contributed by atoms with Crippen molar-refractivity contribution in [2.45, 2.75) is 20.0 Å². The SMILES string of the molecule is C=C(C(=O)O)/C(=C\C=C/C)c1ccc(CN2CCOc3cc(C(=O)NCc4ccccc4)ccc32)cc1. The van der Waals surface area contributed by atoms with Crippen LogP contribution >= 0.6 is 0 Å². The molecule has 0 unspecified atom stereocenters. The lowest BCUT2D eigenvalue weighted by Crippen LogP contribution is -2.32. The van der Waals surface area contributed by atoms with Crippen molar-refractivity contribution in [2.75, 3.05) is 18.1 Å². The van der Waals surface area contributed by atoms with Crippen molar-refractivity contribution in [3.05, 3.63) is 125 Å². The van der Waals surface area contributed by atoms with Crippen LogP contribution in [0, 0.1) is 0 Å². The summed E-state index contributed by atoms with van der Waals surface area (Å²) in [6, 6.07) is 23.2. The molecule has 0 aliphatic carbocycles. The van der Waals surface area contributed by atoms with Crippen LogP contribution in [-0.4, -0.2) is 30.1 Å². The van der Waals surface area contributed by atoms with Crippen molar-refractivity contribution < 1.29 is 19.4 Å². The molecule has 0 fully saturated rings. The summed E-state index contributed by atoms with van der Waals surface area (Å²) in [6.07, 6.45) is 5.41. The Morgan fingerprint density at radius 3 is 2.46 bits per heavy atom. The highest BCUT2D eigenvalue weighted by molar-refractivity contribution is 6.05. The number of rotatable bonds is 9. The third-order valence-corrected chi connectivity index (χ3v) is 6.15. The molecule has 6 heteroatoms. The Labute approximate surface area is 217 Å². The number of carbonyl (C=O) groups excluding carboxylic acids is 1. The van der Waals surface area contributed by atoms with Gasteiger partial charge >= 0.3 is 5.97 Å². The minimum Gasteiger partial charge on any atom is -0.490 e. The van der Waals surface area contributed by atoms with Gasteiger partial charge in [0.05, 0.1) is 17.8 Å². The quantitative estimate of drug-likeness (QED) is 0.298. The Bertz CT molecular complexity index is 1340. The Morgan fingerprint density at radius 1 is 1.03 bits per heavy atom. The average molecular weight is 495 g/mol. The minimum atomic E-state index is -1.04. The van der Waals surface area contributed by atoms with E-state index in [0.717, 1.165) is 28.9 Å². The molecule has 37 heavy (non-hydrogen) atoms. The molecule has 0 saturated carbocycles. The number of hydrogen-bond acceptors (Lipinski definition) is 4. The molecule has 3 aromatic carbocycles. The molecule has 4 rings (SSSR count). The van der Waals surface area contributed by atoms with E-state index >= 15 is 0 Å². The average Bonchev–Trinajstić information content (AvgIpc) is 2.93. The second-order valence-corrected chi connectivity index (χ2v) is 8.71. The first kappa shape index (κ1) is 25.5. The molecule has 0 radical (unpaired) electrons. The van der Waals surface area contributed by atoms with Crippen LogP contribution in [0.3, 0.4) is 0 Å². The third kappa shape index (κ3) is 6.35. The summed E-state index contributed by atoms with van der Waals surface area (Å²) in [7, 11) is 0. The van der Waals surface area contributed by atoms with Gasteiger partial charge in [0.15, 0.2) is 0 Å². The van der Waals surface area contributed by atoms with E-state index in [-0.39, 0.29) is 11.5 Å². The normalized spacial score (nSPS) is 13.1. The van der Waals surface area contributed by atoms with E-state index in [4.69, 9.17) is 4.74 Å². The van der Waals surface area contributed by atoms with Gasteiger partial charge in [-0.1, -0.05) is 79.4 Å². The largest absolute Gasteiger partial charge is 0.490 e. The Kier molecular flexibility index (Phi) is 8.21. The number of anilines is 1. The second kappa shape index (κ2) is 11.9. The summed E-state index contributed by atoms with van der Waals surface area (Å²) in [6.45, 7) is 7.96. The van der Waals surface area contributed by atoms with Crippen molar-refractivity contribution in [3.8, 4) is 5.75 Å². The van der Waals surface area contributed by atoms with Gasteiger partial charge in [-0.25, -0.2) is 4.79 Å². The number of ether oxygens (including phenoxy) is 1. The number of benzene rings is 3. The van der Waals surface area contributed by atoms with Crippen molar-refractivity contribution >= 4 is 23.1 Å². The molecule has 0 spiro atoms. The summed E-state index contributed by atoms with van der Waals surface area (Å²) in [5, 5.41) is 12.4. The lowest BCUT2D eigenvalue weighted by atomic mass is 9.97. The number of allylic oxidation sites excluding steroid dienone is 3. The number of nitrogens with one attached hydrogen (secondary N) is 1. The monoisotopic (exact) mass is 494 g/mol. The first-order valence-electron chi connectivity index (χ1n) is 12.1.